The molecule has 3 aromatic rings. The molecule has 0 bridgehead atoms. The number of para-hydroxylation sites is 1. The van der Waals surface area contributed by atoms with Crippen LogP contribution < -0.4 is 10.2 Å². The van der Waals surface area contributed by atoms with Crippen LogP contribution in [0, 0.1) is 34.6 Å². The van der Waals surface area contributed by atoms with Gasteiger partial charge in [-0.3, -0.25) is 9.59 Å². The molecule has 2 amide bonds. The molecule has 0 aliphatic carbocycles. The first-order valence-electron chi connectivity index (χ1n) is 10.4. The highest BCUT2D eigenvalue weighted by Crippen LogP contribution is 2.36. The third kappa shape index (κ3) is 3.77. The molecule has 156 valence electrons. The number of carbonyl (C=O) groups excluding carboxylic acids is 2. The maximum atomic E-state index is 13.7. The van der Waals surface area contributed by atoms with Crippen molar-refractivity contribution >= 4 is 28.8 Å². The van der Waals surface area contributed by atoms with Gasteiger partial charge >= 0.3 is 0 Å². The highest BCUT2D eigenvalue weighted by molar-refractivity contribution is 6.46. The minimum Gasteiger partial charge on any atom is -0.350 e. The van der Waals surface area contributed by atoms with Crippen LogP contribution in [0.15, 0.2) is 66.4 Å². The first kappa shape index (κ1) is 20.6. The van der Waals surface area contributed by atoms with Crippen molar-refractivity contribution in [1.29, 1.82) is 0 Å². The summed E-state index contributed by atoms with van der Waals surface area (Å²) >= 11 is 0. The van der Waals surface area contributed by atoms with E-state index in [0.29, 0.717) is 17.0 Å². The second-order valence-corrected chi connectivity index (χ2v) is 8.30. The fourth-order valence-electron chi connectivity index (χ4n) is 4.15. The van der Waals surface area contributed by atoms with Crippen molar-refractivity contribution in [2.75, 3.05) is 10.2 Å². The fraction of sp³-hybridized carbons (Fsp3) is 0.185. The summed E-state index contributed by atoms with van der Waals surface area (Å²) in [5.74, 6) is -0.647. The Balaban J connectivity index is 1.89. The van der Waals surface area contributed by atoms with E-state index in [1.165, 1.54) is 4.90 Å². The number of rotatable bonds is 4. The van der Waals surface area contributed by atoms with E-state index in [2.05, 4.69) is 5.32 Å². The first-order valence-corrected chi connectivity index (χ1v) is 10.4. The largest absolute Gasteiger partial charge is 0.350 e. The van der Waals surface area contributed by atoms with Crippen LogP contribution in [0.5, 0.6) is 0 Å². The molecule has 0 unspecified atom stereocenters. The molecule has 1 heterocycles. The lowest BCUT2D eigenvalue weighted by Gasteiger charge is -2.17. The van der Waals surface area contributed by atoms with Crippen LogP contribution in [-0.4, -0.2) is 11.8 Å². The molecule has 0 spiro atoms. The van der Waals surface area contributed by atoms with E-state index >= 15 is 0 Å². The van der Waals surface area contributed by atoms with Crippen molar-refractivity contribution in [3.05, 3.63) is 99.7 Å². The number of hydrogen-bond donors (Lipinski definition) is 1. The lowest BCUT2D eigenvalue weighted by molar-refractivity contribution is -0.120. The fourth-order valence-corrected chi connectivity index (χ4v) is 4.15. The molecule has 0 saturated heterocycles. The van der Waals surface area contributed by atoms with E-state index in [1.54, 1.807) is 0 Å². The van der Waals surface area contributed by atoms with Gasteiger partial charge in [0.2, 0.25) is 0 Å². The number of anilines is 2. The molecule has 0 atom stereocenters. The summed E-state index contributed by atoms with van der Waals surface area (Å²) in [5, 5.41) is 3.28. The molecule has 3 aromatic carbocycles. The predicted octanol–water partition coefficient (Wildman–Crippen LogP) is 5.63. The zero-order chi connectivity index (χ0) is 22.3. The van der Waals surface area contributed by atoms with Crippen molar-refractivity contribution in [3.63, 3.8) is 0 Å². The van der Waals surface area contributed by atoms with Gasteiger partial charge in [-0.1, -0.05) is 48.0 Å². The number of nitrogens with zero attached hydrogens (tertiary/aromatic N) is 1. The van der Waals surface area contributed by atoms with Crippen molar-refractivity contribution in [1.82, 2.24) is 0 Å². The molecular weight excluding hydrogens is 384 g/mol. The maximum absolute atomic E-state index is 13.7. The Bertz CT molecular complexity index is 1230. The zero-order valence-electron chi connectivity index (χ0n) is 18.5. The summed E-state index contributed by atoms with van der Waals surface area (Å²) in [6.07, 6.45) is 0. The summed E-state index contributed by atoms with van der Waals surface area (Å²) in [6.45, 7) is 9.89. The Morgan fingerprint density at radius 2 is 1.35 bits per heavy atom. The lowest BCUT2D eigenvalue weighted by Crippen LogP contribution is -2.32. The van der Waals surface area contributed by atoms with Crippen LogP contribution in [0.1, 0.15) is 33.4 Å². The summed E-state index contributed by atoms with van der Waals surface area (Å²) in [5.41, 5.74) is 7.97. The first-order chi connectivity index (χ1) is 14.8. The molecule has 0 saturated carbocycles. The maximum Gasteiger partial charge on any atom is 0.282 e. The van der Waals surface area contributed by atoms with Gasteiger partial charge in [0.1, 0.15) is 5.70 Å². The molecule has 1 aliphatic rings. The van der Waals surface area contributed by atoms with Gasteiger partial charge in [0.15, 0.2) is 0 Å². The van der Waals surface area contributed by atoms with E-state index in [4.69, 9.17) is 0 Å². The number of imide groups is 1. The zero-order valence-corrected chi connectivity index (χ0v) is 18.5. The predicted molar refractivity (Wildman–Crippen MR) is 126 cm³/mol. The topological polar surface area (TPSA) is 49.4 Å². The molecule has 4 rings (SSSR count). The number of aryl methyl sites for hydroxylation is 5. The van der Waals surface area contributed by atoms with Crippen LogP contribution in [0.3, 0.4) is 0 Å². The van der Waals surface area contributed by atoms with Crippen LogP contribution in [0.25, 0.3) is 5.57 Å². The Hall–Kier alpha value is -3.66. The summed E-state index contributed by atoms with van der Waals surface area (Å²) in [7, 11) is 0. The monoisotopic (exact) mass is 410 g/mol. The third-order valence-corrected chi connectivity index (χ3v) is 5.60. The number of carbonyl (C=O) groups is 2. The Morgan fingerprint density at radius 1 is 0.677 bits per heavy atom. The molecule has 4 heteroatoms. The molecule has 1 N–H and O–H groups in total. The van der Waals surface area contributed by atoms with Gasteiger partial charge in [-0.25, -0.2) is 4.90 Å². The Labute approximate surface area is 183 Å². The van der Waals surface area contributed by atoms with Crippen molar-refractivity contribution in [2.45, 2.75) is 34.6 Å². The Kier molecular flexibility index (Phi) is 5.24. The van der Waals surface area contributed by atoms with Gasteiger partial charge in [0.25, 0.3) is 11.8 Å². The van der Waals surface area contributed by atoms with Gasteiger partial charge < -0.3 is 5.32 Å². The third-order valence-electron chi connectivity index (χ3n) is 5.60. The minimum absolute atomic E-state index is 0.307. The molecule has 1 aliphatic heterocycles. The van der Waals surface area contributed by atoms with Crippen LogP contribution >= 0.6 is 0 Å². The van der Waals surface area contributed by atoms with Gasteiger partial charge in [-0.2, -0.15) is 0 Å². The van der Waals surface area contributed by atoms with Gasteiger partial charge in [-0.15, -0.1) is 0 Å². The highest BCUT2D eigenvalue weighted by Gasteiger charge is 2.41. The average Bonchev–Trinajstić information content (AvgIpc) is 2.93. The summed E-state index contributed by atoms with van der Waals surface area (Å²) < 4.78 is 0. The van der Waals surface area contributed by atoms with Gasteiger partial charge in [0, 0.05) is 5.69 Å². The number of hydrogen-bond acceptors (Lipinski definition) is 3. The van der Waals surface area contributed by atoms with Crippen LogP contribution in [0.4, 0.5) is 11.4 Å². The average molecular weight is 411 g/mol. The van der Waals surface area contributed by atoms with Crippen molar-refractivity contribution < 1.29 is 9.59 Å². The molecule has 0 fully saturated rings. The SMILES string of the molecule is Cc1cc(C)cc(N2C(=O)C(Nc3ccccc3C)=C(c3ccc(C)cc3C)C2=O)c1. The highest BCUT2D eigenvalue weighted by atomic mass is 16.2. The lowest BCUT2D eigenvalue weighted by atomic mass is 9.97. The van der Waals surface area contributed by atoms with Gasteiger partial charge in [-0.05, 0) is 80.6 Å². The van der Waals surface area contributed by atoms with Crippen LogP contribution in [-0.2, 0) is 9.59 Å². The van der Waals surface area contributed by atoms with E-state index in [-0.39, 0.29) is 11.8 Å². The summed E-state index contributed by atoms with van der Waals surface area (Å²) in [6, 6.07) is 19.5. The van der Waals surface area contributed by atoms with Crippen LogP contribution in [0.2, 0.25) is 0 Å². The van der Waals surface area contributed by atoms with Crippen molar-refractivity contribution in [3.8, 4) is 0 Å². The smallest absolute Gasteiger partial charge is 0.282 e. The normalized spacial score (nSPS) is 13.9. The molecule has 4 nitrogen and oxygen atoms in total. The van der Waals surface area contributed by atoms with Gasteiger partial charge in [0.05, 0.1) is 11.3 Å². The molecular formula is C27H26N2O2. The standard InChI is InChI=1S/C27H26N2O2/c1-16-10-11-22(20(5)13-16)24-25(28-23-9-7-6-8-19(23)4)27(31)29(26(24)30)21-14-17(2)12-18(3)15-21/h6-15,28H,1-5H3. The van der Waals surface area contributed by atoms with E-state index < -0.39 is 0 Å². The summed E-state index contributed by atoms with van der Waals surface area (Å²) in [4.78, 5) is 28.6. The second-order valence-electron chi connectivity index (χ2n) is 8.30. The van der Waals surface area contributed by atoms with E-state index in [1.807, 2.05) is 95.3 Å². The Morgan fingerprint density at radius 3 is 2.00 bits per heavy atom. The minimum atomic E-state index is -0.340. The van der Waals surface area contributed by atoms with Crippen molar-refractivity contribution in [2.24, 2.45) is 0 Å². The second kappa shape index (κ2) is 7.88. The molecule has 0 radical (unpaired) electrons. The quantitative estimate of drug-likeness (QED) is 0.568. The number of amides is 2. The number of benzene rings is 3. The van der Waals surface area contributed by atoms with E-state index in [9.17, 15) is 9.59 Å². The molecule has 0 aromatic heterocycles. The number of nitrogens with one attached hydrogen (secondary N) is 1. The molecule has 31 heavy (non-hydrogen) atoms. The van der Waals surface area contributed by atoms with E-state index in [0.717, 1.165) is 39.1 Å².